The highest BCUT2D eigenvalue weighted by Crippen LogP contribution is 2.27. The molecule has 0 atom stereocenters. The highest BCUT2D eigenvalue weighted by atomic mass is 32.2. The van der Waals surface area contributed by atoms with Crippen LogP contribution in [0.15, 0.2) is 49.8 Å². The lowest BCUT2D eigenvalue weighted by atomic mass is 10.3. The number of nitrogens with one attached hydrogen (secondary N) is 1. The Labute approximate surface area is 137 Å². The second-order valence-electron chi connectivity index (χ2n) is 4.42. The fourth-order valence-electron chi connectivity index (χ4n) is 1.83. The molecule has 23 heavy (non-hydrogen) atoms. The van der Waals surface area contributed by atoms with Crippen LogP contribution in [0.1, 0.15) is 12.5 Å². The lowest BCUT2D eigenvalue weighted by Crippen LogP contribution is -2.34. The molecule has 0 fully saturated rings. The molecule has 0 aliphatic heterocycles. The first-order valence-electron chi connectivity index (χ1n) is 6.88. The molecule has 6 nitrogen and oxygen atoms in total. The van der Waals surface area contributed by atoms with Gasteiger partial charge in [-0.15, -0.1) is 5.92 Å². The number of nitrogens with zero attached hydrogens (tertiary/aromatic N) is 1. The van der Waals surface area contributed by atoms with Crippen LogP contribution in [0.5, 0.6) is 0 Å². The molecule has 0 unspecified atom stereocenters. The molecular formula is C16H16N2O4S. The highest BCUT2D eigenvalue weighted by Gasteiger charge is 2.15. The Bertz CT molecular complexity index is 831. The van der Waals surface area contributed by atoms with Crippen molar-refractivity contribution in [3.8, 4) is 11.8 Å². The van der Waals surface area contributed by atoms with Gasteiger partial charge < -0.3 is 9.84 Å². The topological polar surface area (TPSA) is 84.3 Å². The molecule has 1 aromatic heterocycles. The lowest BCUT2D eigenvalue weighted by Gasteiger charge is -2.13. The summed E-state index contributed by atoms with van der Waals surface area (Å²) in [6, 6.07) is 9.36. The van der Waals surface area contributed by atoms with E-state index in [0.717, 1.165) is 4.90 Å². The molecule has 0 amide bonds. The average molecular weight is 332 g/mol. The van der Waals surface area contributed by atoms with Crippen LogP contribution < -0.4 is 11.2 Å². The third kappa shape index (κ3) is 4.36. The van der Waals surface area contributed by atoms with Gasteiger partial charge in [0.2, 0.25) is 0 Å². The van der Waals surface area contributed by atoms with E-state index in [1.807, 2.05) is 30.3 Å². The summed E-state index contributed by atoms with van der Waals surface area (Å²) in [5, 5.41) is 9.22. The van der Waals surface area contributed by atoms with Crippen molar-refractivity contribution in [2.75, 3.05) is 13.2 Å². The molecule has 1 aromatic carbocycles. The molecule has 2 rings (SSSR count). The van der Waals surface area contributed by atoms with Crippen molar-refractivity contribution in [3.63, 3.8) is 0 Å². The quantitative estimate of drug-likeness (QED) is 0.469. The van der Waals surface area contributed by atoms with E-state index in [1.54, 1.807) is 6.92 Å². The number of ether oxygens (including phenoxy) is 1. The smallest absolute Gasteiger partial charge is 0.331 e. The predicted octanol–water partition coefficient (Wildman–Crippen LogP) is 1.03. The molecule has 7 heteroatoms. The van der Waals surface area contributed by atoms with E-state index in [-0.39, 0.29) is 25.5 Å². The van der Waals surface area contributed by atoms with Crippen LogP contribution in [-0.2, 0) is 11.5 Å². The molecule has 0 radical (unpaired) electrons. The van der Waals surface area contributed by atoms with Crippen LogP contribution in [0.3, 0.4) is 0 Å². The first-order chi connectivity index (χ1) is 11.2. The maximum absolute atomic E-state index is 12.1. The lowest BCUT2D eigenvalue weighted by molar-refractivity contribution is 0.0412. The Morgan fingerprint density at radius 2 is 2.04 bits per heavy atom. The SMILES string of the molecule is CC#Cc1c(Sc2ccccc2)n(COCCO)c(=O)[nH]c1=O. The third-order valence-electron chi connectivity index (χ3n) is 2.82. The summed E-state index contributed by atoms with van der Waals surface area (Å²) in [6.45, 7) is 1.48. The molecule has 2 aromatic rings. The summed E-state index contributed by atoms with van der Waals surface area (Å²) in [6.07, 6.45) is 0. The van der Waals surface area contributed by atoms with Gasteiger partial charge in [-0.05, 0) is 19.1 Å². The highest BCUT2D eigenvalue weighted by molar-refractivity contribution is 7.99. The average Bonchev–Trinajstić information content (AvgIpc) is 2.55. The van der Waals surface area contributed by atoms with Crippen LogP contribution in [-0.4, -0.2) is 27.9 Å². The maximum atomic E-state index is 12.1. The normalized spacial score (nSPS) is 10.2. The Morgan fingerprint density at radius 1 is 1.30 bits per heavy atom. The van der Waals surface area contributed by atoms with Crippen LogP contribution in [0.2, 0.25) is 0 Å². The molecule has 0 bridgehead atoms. The monoisotopic (exact) mass is 332 g/mol. The molecule has 0 aliphatic carbocycles. The molecule has 0 aliphatic rings. The van der Waals surface area contributed by atoms with E-state index >= 15 is 0 Å². The molecular weight excluding hydrogens is 316 g/mol. The minimum atomic E-state index is -0.576. The fourth-order valence-corrected chi connectivity index (χ4v) is 2.84. The van der Waals surface area contributed by atoms with Gasteiger partial charge in [0.05, 0.1) is 13.2 Å². The maximum Gasteiger partial charge on any atom is 0.331 e. The van der Waals surface area contributed by atoms with Gasteiger partial charge in [0.15, 0.2) is 0 Å². The van der Waals surface area contributed by atoms with Crippen LogP contribution >= 0.6 is 11.8 Å². The molecule has 1 heterocycles. The van der Waals surface area contributed by atoms with Crippen molar-refractivity contribution < 1.29 is 9.84 Å². The minimum Gasteiger partial charge on any atom is -0.394 e. The van der Waals surface area contributed by atoms with Crippen molar-refractivity contribution in [1.82, 2.24) is 9.55 Å². The van der Waals surface area contributed by atoms with E-state index < -0.39 is 11.2 Å². The van der Waals surface area contributed by atoms with Crippen molar-refractivity contribution in [3.05, 3.63) is 56.7 Å². The number of hydrogen-bond acceptors (Lipinski definition) is 5. The Balaban J connectivity index is 2.54. The summed E-state index contributed by atoms with van der Waals surface area (Å²) in [7, 11) is 0. The van der Waals surface area contributed by atoms with Gasteiger partial charge in [0.1, 0.15) is 17.3 Å². The van der Waals surface area contributed by atoms with Crippen LogP contribution in [0.25, 0.3) is 0 Å². The number of rotatable bonds is 6. The van der Waals surface area contributed by atoms with Crippen molar-refractivity contribution >= 4 is 11.8 Å². The van der Waals surface area contributed by atoms with Gasteiger partial charge in [0, 0.05) is 4.90 Å². The van der Waals surface area contributed by atoms with Gasteiger partial charge in [-0.1, -0.05) is 35.9 Å². The third-order valence-corrected chi connectivity index (χ3v) is 3.94. The number of benzene rings is 1. The van der Waals surface area contributed by atoms with Crippen molar-refractivity contribution in [2.45, 2.75) is 23.6 Å². The van der Waals surface area contributed by atoms with Crippen LogP contribution in [0, 0.1) is 11.8 Å². The van der Waals surface area contributed by atoms with Gasteiger partial charge in [-0.25, -0.2) is 4.79 Å². The van der Waals surface area contributed by atoms with E-state index in [1.165, 1.54) is 16.3 Å². The summed E-state index contributed by atoms with van der Waals surface area (Å²) in [5.41, 5.74) is -0.886. The summed E-state index contributed by atoms with van der Waals surface area (Å²) in [4.78, 5) is 27.3. The zero-order valence-electron chi connectivity index (χ0n) is 12.5. The largest absolute Gasteiger partial charge is 0.394 e. The zero-order chi connectivity index (χ0) is 16.7. The van der Waals surface area contributed by atoms with Crippen molar-refractivity contribution in [1.29, 1.82) is 0 Å². The molecule has 0 saturated heterocycles. The Hall–Kier alpha value is -2.27. The van der Waals surface area contributed by atoms with Gasteiger partial charge in [-0.2, -0.15) is 0 Å². The van der Waals surface area contributed by atoms with Crippen LogP contribution in [0.4, 0.5) is 0 Å². The number of aromatic amines is 1. The summed E-state index contributed by atoms with van der Waals surface area (Å²) in [5.74, 6) is 5.43. The van der Waals surface area contributed by atoms with E-state index in [2.05, 4.69) is 16.8 Å². The van der Waals surface area contributed by atoms with E-state index in [0.29, 0.717) is 5.03 Å². The number of H-pyrrole nitrogens is 1. The van der Waals surface area contributed by atoms with E-state index in [9.17, 15) is 9.59 Å². The first kappa shape index (κ1) is 17.1. The summed E-state index contributed by atoms with van der Waals surface area (Å²) >= 11 is 1.27. The second kappa shape index (κ2) is 8.39. The number of hydrogen-bond donors (Lipinski definition) is 2. The standard InChI is InChI=1S/C16H16N2O4S/c1-2-6-13-14(20)17-16(21)18(11-22-10-9-19)15(13)23-12-7-4-3-5-8-12/h3-5,7-8,19H,9-11H2,1H3,(H,17,20,21). The first-order valence-corrected chi connectivity index (χ1v) is 7.70. The van der Waals surface area contributed by atoms with E-state index in [4.69, 9.17) is 9.84 Å². The molecule has 120 valence electrons. The van der Waals surface area contributed by atoms with Gasteiger partial charge >= 0.3 is 5.69 Å². The zero-order valence-corrected chi connectivity index (χ0v) is 13.4. The molecule has 2 N–H and O–H groups in total. The number of aliphatic hydroxyl groups is 1. The molecule has 0 spiro atoms. The fraction of sp³-hybridized carbons (Fsp3) is 0.250. The van der Waals surface area contributed by atoms with Crippen molar-refractivity contribution in [2.24, 2.45) is 0 Å². The summed E-state index contributed by atoms with van der Waals surface area (Å²) < 4.78 is 6.53. The number of aliphatic hydroxyl groups excluding tert-OH is 1. The number of aromatic nitrogens is 2. The van der Waals surface area contributed by atoms with Gasteiger partial charge in [0.25, 0.3) is 5.56 Å². The second-order valence-corrected chi connectivity index (χ2v) is 5.48. The molecule has 0 saturated carbocycles. The Kier molecular flexibility index (Phi) is 6.23. The van der Waals surface area contributed by atoms with Gasteiger partial charge in [-0.3, -0.25) is 14.3 Å². The minimum absolute atomic E-state index is 0.0796. The predicted molar refractivity (Wildman–Crippen MR) is 87.5 cm³/mol. The Morgan fingerprint density at radius 3 is 2.70 bits per heavy atom.